The molecular formula is C17H22F2N4. The maximum atomic E-state index is 12.9. The number of benzene rings is 1. The van der Waals surface area contributed by atoms with Gasteiger partial charge >= 0.3 is 6.55 Å². The van der Waals surface area contributed by atoms with E-state index in [-0.39, 0.29) is 0 Å². The number of piperazine rings is 1. The van der Waals surface area contributed by atoms with Gasteiger partial charge in [-0.25, -0.2) is 0 Å². The highest BCUT2D eigenvalue weighted by Crippen LogP contribution is 2.27. The van der Waals surface area contributed by atoms with Crippen LogP contribution in [0.2, 0.25) is 0 Å². The van der Waals surface area contributed by atoms with Gasteiger partial charge in [0.25, 0.3) is 0 Å². The van der Waals surface area contributed by atoms with Gasteiger partial charge in [-0.2, -0.15) is 8.78 Å². The number of likely N-dealkylation sites (N-methyl/N-ethyl adjacent to an activating group) is 1. The molecule has 0 saturated carbocycles. The highest BCUT2D eigenvalue weighted by molar-refractivity contribution is 5.70. The van der Waals surface area contributed by atoms with E-state index in [1.165, 1.54) is 6.20 Å². The Hall–Kier alpha value is -2.08. The second-order valence-corrected chi connectivity index (χ2v) is 5.85. The third kappa shape index (κ3) is 3.64. The highest BCUT2D eigenvalue weighted by Gasteiger charge is 2.17. The van der Waals surface area contributed by atoms with E-state index in [0.717, 1.165) is 42.1 Å². The lowest BCUT2D eigenvalue weighted by Gasteiger charge is -2.35. The maximum absolute atomic E-state index is 12.9. The monoisotopic (exact) mass is 320 g/mol. The third-order valence-electron chi connectivity index (χ3n) is 4.29. The molecule has 1 aliphatic heterocycles. The largest absolute Gasteiger partial charge is 0.378 e. The molecule has 1 N–H and O–H groups in total. The van der Waals surface area contributed by atoms with Crippen LogP contribution in [0.5, 0.6) is 0 Å². The number of hydrogen-bond donors (Lipinski definition) is 1. The molecule has 124 valence electrons. The molecule has 0 radical (unpaired) electrons. The number of nitrogens with zero attached hydrogens (tertiary/aromatic N) is 3. The lowest BCUT2D eigenvalue weighted by Crippen LogP contribution is -2.44. The zero-order chi connectivity index (χ0) is 16.2. The molecule has 1 aromatic heterocycles. The van der Waals surface area contributed by atoms with Gasteiger partial charge in [-0.15, -0.1) is 0 Å². The van der Waals surface area contributed by atoms with Crippen LogP contribution in [0.1, 0.15) is 12.2 Å². The van der Waals surface area contributed by atoms with Gasteiger partial charge in [0.2, 0.25) is 0 Å². The van der Waals surface area contributed by atoms with Crippen LogP contribution in [-0.2, 0) is 6.54 Å². The second-order valence-electron chi connectivity index (χ2n) is 5.85. The van der Waals surface area contributed by atoms with Crippen molar-refractivity contribution in [2.45, 2.75) is 13.1 Å². The smallest absolute Gasteiger partial charge is 0.318 e. The summed E-state index contributed by atoms with van der Waals surface area (Å²) in [6, 6.07) is 11.4. The molecule has 0 spiro atoms. The van der Waals surface area contributed by atoms with Crippen molar-refractivity contribution in [2.24, 2.45) is 0 Å². The van der Waals surface area contributed by atoms with E-state index >= 15 is 0 Å². The van der Waals surface area contributed by atoms with Gasteiger partial charge in [0.1, 0.15) is 0 Å². The predicted octanol–water partition coefficient (Wildman–Crippen LogP) is 3.25. The Bertz CT molecular complexity index is 633. The van der Waals surface area contributed by atoms with Crippen LogP contribution >= 0.6 is 0 Å². The van der Waals surface area contributed by atoms with Crippen molar-refractivity contribution in [1.29, 1.82) is 0 Å². The molecule has 0 aliphatic carbocycles. The zero-order valence-corrected chi connectivity index (χ0v) is 13.3. The number of para-hydroxylation sites is 2. The Kier molecular flexibility index (Phi) is 4.81. The van der Waals surface area contributed by atoms with E-state index in [0.29, 0.717) is 12.2 Å². The Balaban J connectivity index is 1.72. The van der Waals surface area contributed by atoms with Crippen LogP contribution < -0.4 is 10.2 Å². The van der Waals surface area contributed by atoms with Crippen molar-refractivity contribution >= 4 is 11.4 Å². The molecule has 0 unspecified atom stereocenters. The minimum Gasteiger partial charge on any atom is -0.378 e. The van der Waals surface area contributed by atoms with Gasteiger partial charge in [0.15, 0.2) is 0 Å². The zero-order valence-electron chi connectivity index (χ0n) is 13.3. The van der Waals surface area contributed by atoms with Crippen LogP contribution in [0.15, 0.2) is 42.6 Å². The van der Waals surface area contributed by atoms with Crippen molar-refractivity contribution < 1.29 is 8.78 Å². The molecule has 6 heteroatoms. The second kappa shape index (κ2) is 7.00. The summed E-state index contributed by atoms with van der Waals surface area (Å²) < 4.78 is 26.8. The van der Waals surface area contributed by atoms with Crippen molar-refractivity contribution in [3.63, 3.8) is 0 Å². The average molecular weight is 320 g/mol. The van der Waals surface area contributed by atoms with Crippen molar-refractivity contribution in [3.8, 4) is 0 Å². The topological polar surface area (TPSA) is 23.4 Å². The Morgan fingerprint density at radius 3 is 2.52 bits per heavy atom. The lowest BCUT2D eigenvalue weighted by molar-refractivity contribution is 0.0680. The van der Waals surface area contributed by atoms with Gasteiger partial charge in [0, 0.05) is 38.1 Å². The molecule has 1 fully saturated rings. The minimum absolute atomic E-state index is 0.377. The third-order valence-corrected chi connectivity index (χ3v) is 4.29. The quantitative estimate of drug-likeness (QED) is 0.915. The molecule has 0 amide bonds. The number of halogens is 2. The summed E-state index contributed by atoms with van der Waals surface area (Å²) in [4.78, 5) is 4.65. The fourth-order valence-corrected chi connectivity index (χ4v) is 2.90. The molecule has 1 aliphatic rings. The summed E-state index contributed by atoms with van der Waals surface area (Å²) in [5.74, 6) is 0. The number of hydrogen-bond acceptors (Lipinski definition) is 3. The maximum Gasteiger partial charge on any atom is 0.318 e. The summed E-state index contributed by atoms with van der Waals surface area (Å²) in [6.07, 6.45) is 1.41. The Labute approximate surface area is 135 Å². The summed E-state index contributed by atoms with van der Waals surface area (Å²) in [7, 11) is 2.12. The van der Waals surface area contributed by atoms with Gasteiger partial charge in [-0.05, 0) is 31.3 Å². The van der Waals surface area contributed by atoms with Gasteiger partial charge in [-0.3, -0.25) is 4.57 Å². The number of anilines is 2. The molecule has 0 atom stereocenters. The molecular weight excluding hydrogens is 298 g/mol. The van der Waals surface area contributed by atoms with Gasteiger partial charge in [-0.1, -0.05) is 12.1 Å². The van der Waals surface area contributed by atoms with Crippen LogP contribution in [0.3, 0.4) is 0 Å². The first kappa shape index (κ1) is 15.8. The van der Waals surface area contributed by atoms with Crippen molar-refractivity contribution in [2.75, 3.05) is 43.4 Å². The van der Waals surface area contributed by atoms with E-state index in [1.54, 1.807) is 12.1 Å². The molecule has 23 heavy (non-hydrogen) atoms. The Morgan fingerprint density at radius 1 is 1.04 bits per heavy atom. The summed E-state index contributed by atoms with van der Waals surface area (Å²) in [5, 5.41) is 3.31. The standard InChI is InChI=1S/C17H22F2N4/c1-21-9-11-22(12-10-21)16-7-3-2-6-15(16)20-13-14-5-4-8-23(14)17(18)19/h2-8,17,20H,9-13H2,1H3. The van der Waals surface area contributed by atoms with Crippen LogP contribution in [0, 0.1) is 0 Å². The summed E-state index contributed by atoms with van der Waals surface area (Å²) >= 11 is 0. The SMILES string of the molecule is CN1CCN(c2ccccc2NCc2cccn2C(F)F)CC1. The van der Waals surface area contributed by atoms with E-state index in [4.69, 9.17) is 0 Å². The van der Waals surface area contributed by atoms with E-state index in [2.05, 4.69) is 28.2 Å². The fraction of sp³-hybridized carbons (Fsp3) is 0.412. The number of alkyl halides is 2. The molecule has 2 heterocycles. The first-order valence-corrected chi connectivity index (χ1v) is 7.85. The number of aromatic nitrogens is 1. The van der Waals surface area contributed by atoms with Crippen LogP contribution in [0.25, 0.3) is 0 Å². The van der Waals surface area contributed by atoms with E-state index < -0.39 is 6.55 Å². The molecule has 2 aromatic rings. The summed E-state index contributed by atoms with van der Waals surface area (Å²) in [6.45, 7) is 1.88. The van der Waals surface area contributed by atoms with Crippen molar-refractivity contribution in [1.82, 2.24) is 9.47 Å². The van der Waals surface area contributed by atoms with Crippen molar-refractivity contribution in [3.05, 3.63) is 48.3 Å². The Morgan fingerprint density at radius 2 is 1.78 bits per heavy atom. The fourth-order valence-electron chi connectivity index (χ4n) is 2.90. The molecule has 1 saturated heterocycles. The number of nitrogens with one attached hydrogen (secondary N) is 1. The summed E-state index contributed by atoms with van der Waals surface area (Å²) in [5.41, 5.74) is 2.70. The lowest BCUT2D eigenvalue weighted by atomic mass is 10.2. The highest BCUT2D eigenvalue weighted by atomic mass is 19.3. The van der Waals surface area contributed by atoms with E-state index in [1.807, 2.05) is 18.2 Å². The normalized spacial score (nSPS) is 16.1. The average Bonchev–Trinajstić information content (AvgIpc) is 3.03. The predicted molar refractivity (Wildman–Crippen MR) is 89.2 cm³/mol. The van der Waals surface area contributed by atoms with Gasteiger partial charge < -0.3 is 15.1 Å². The molecule has 3 rings (SSSR count). The van der Waals surface area contributed by atoms with Gasteiger partial charge in [0.05, 0.1) is 17.9 Å². The molecule has 4 nitrogen and oxygen atoms in total. The minimum atomic E-state index is -2.50. The van der Waals surface area contributed by atoms with Crippen LogP contribution in [-0.4, -0.2) is 42.7 Å². The van der Waals surface area contributed by atoms with Crippen LogP contribution in [0.4, 0.5) is 20.2 Å². The first-order valence-electron chi connectivity index (χ1n) is 7.85. The van der Waals surface area contributed by atoms with E-state index in [9.17, 15) is 8.78 Å². The molecule has 0 bridgehead atoms. The first-order chi connectivity index (χ1) is 11.1. The number of rotatable bonds is 5. The molecule has 1 aromatic carbocycles.